The summed E-state index contributed by atoms with van der Waals surface area (Å²) < 4.78 is 5.70. The number of hydrogen-bond donors (Lipinski definition) is 1. The largest absolute Gasteiger partial charge is 0.434 e. The smallest absolute Gasteiger partial charge is 0.373 e. The molecule has 2 aromatic rings. The molecule has 0 saturated carbocycles. The fraction of sp³-hybridized carbons (Fsp3) is 0.500. The second-order valence-corrected chi connectivity index (χ2v) is 7.29. The number of rotatable bonds is 8. The zero-order chi connectivity index (χ0) is 19.9. The van der Waals surface area contributed by atoms with Crippen LogP contribution in [-0.4, -0.2) is 46.0 Å². The van der Waals surface area contributed by atoms with E-state index in [2.05, 4.69) is 34.0 Å². The number of likely N-dealkylation sites (tertiary alicyclic amines) is 1. The van der Waals surface area contributed by atoms with E-state index in [9.17, 15) is 10.1 Å². The fourth-order valence-corrected chi connectivity index (χ4v) is 3.28. The molecule has 150 valence electrons. The van der Waals surface area contributed by atoms with Crippen molar-refractivity contribution < 1.29 is 9.66 Å². The van der Waals surface area contributed by atoms with Gasteiger partial charge >= 0.3 is 11.6 Å². The third-order valence-corrected chi connectivity index (χ3v) is 4.90. The van der Waals surface area contributed by atoms with Crippen molar-refractivity contribution >= 4 is 11.5 Å². The molecule has 1 fully saturated rings. The third-order valence-electron chi connectivity index (χ3n) is 4.90. The zero-order valence-electron chi connectivity index (χ0n) is 16.4. The first-order chi connectivity index (χ1) is 13.5. The molecular formula is C20H27N5O3. The maximum absolute atomic E-state index is 11.6. The molecule has 3 rings (SSSR count). The van der Waals surface area contributed by atoms with Gasteiger partial charge in [0.25, 0.3) is 0 Å². The summed E-state index contributed by atoms with van der Waals surface area (Å²) in [5.41, 5.74) is 0.929. The predicted octanol–water partition coefficient (Wildman–Crippen LogP) is 4.20. The minimum atomic E-state index is -0.499. The van der Waals surface area contributed by atoms with Crippen LogP contribution in [0.5, 0.6) is 11.6 Å². The number of nitro groups is 1. The lowest BCUT2D eigenvalue weighted by atomic mass is 10.0. The second-order valence-electron chi connectivity index (χ2n) is 7.29. The van der Waals surface area contributed by atoms with Gasteiger partial charge in [0.05, 0.1) is 4.92 Å². The minimum absolute atomic E-state index is 0.0576. The molecule has 0 unspecified atom stereocenters. The van der Waals surface area contributed by atoms with Crippen LogP contribution in [0, 0.1) is 10.1 Å². The molecular weight excluding hydrogens is 358 g/mol. The van der Waals surface area contributed by atoms with E-state index in [4.69, 9.17) is 4.74 Å². The van der Waals surface area contributed by atoms with Gasteiger partial charge in [-0.2, -0.15) is 4.98 Å². The highest BCUT2D eigenvalue weighted by molar-refractivity contribution is 5.61. The Hall–Kier alpha value is -2.74. The SMILES string of the molecule is CC(C)c1ccc(Oc2ncnc(NCCN3CCCCC3)c2[N+](=O)[O-])cc1. The van der Waals surface area contributed by atoms with Gasteiger partial charge in [-0.25, -0.2) is 4.98 Å². The van der Waals surface area contributed by atoms with Crippen molar-refractivity contribution in [2.45, 2.75) is 39.0 Å². The van der Waals surface area contributed by atoms with Crippen LogP contribution in [0.3, 0.4) is 0 Å². The van der Waals surface area contributed by atoms with Gasteiger partial charge in [-0.1, -0.05) is 32.4 Å². The molecule has 1 aromatic carbocycles. The Labute approximate surface area is 165 Å². The molecule has 0 bridgehead atoms. The fourth-order valence-electron chi connectivity index (χ4n) is 3.28. The van der Waals surface area contributed by atoms with Crippen molar-refractivity contribution in [1.29, 1.82) is 0 Å². The van der Waals surface area contributed by atoms with Crippen LogP contribution in [0.15, 0.2) is 30.6 Å². The van der Waals surface area contributed by atoms with Gasteiger partial charge in [-0.3, -0.25) is 10.1 Å². The summed E-state index contributed by atoms with van der Waals surface area (Å²) in [5.74, 6) is 1.03. The standard InChI is InChI=1S/C20H27N5O3/c1-15(2)16-6-8-17(9-7-16)28-20-18(25(26)27)19(22-14-23-20)21-10-13-24-11-4-3-5-12-24/h6-9,14-15H,3-5,10-13H2,1-2H3,(H,21,22,23). The molecule has 1 aliphatic rings. The molecule has 1 N–H and O–H groups in total. The summed E-state index contributed by atoms with van der Waals surface area (Å²) in [6.45, 7) is 7.77. The number of aromatic nitrogens is 2. The van der Waals surface area contributed by atoms with Gasteiger partial charge in [0.15, 0.2) is 0 Å². The number of ether oxygens (including phenoxy) is 1. The Morgan fingerprint density at radius 1 is 1.18 bits per heavy atom. The van der Waals surface area contributed by atoms with Crippen LogP contribution in [0.2, 0.25) is 0 Å². The summed E-state index contributed by atoms with van der Waals surface area (Å²) in [7, 11) is 0. The summed E-state index contributed by atoms with van der Waals surface area (Å²) in [5, 5.41) is 14.7. The van der Waals surface area contributed by atoms with E-state index >= 15 is 0 Å². The van der Waals surface area contributed by atoms with E-state index in [1.807, 2.05) is 12.1 Å². The molecule has 2 heterocycles. The highest BCUT2D eigenvalue weighted by Gasteiger charge is 2.25. The number of nitrogens with zero attached hydrogens (tertiary/aromatic N) is 4. The van der Waals surface area contributed by atoms with Gasteiger partial charge in [0.1, 0.15) is 12.1 Å². The first-order valence-corrected chi connectivity index (χ1v) is 9.78. The van der Waals surface area contributed by atoms with Crippen molar-refractivity contribution in [2.24, 2.45) is 0 Å². The molecule has 1 aliphatic heterocycles. The molecule has 0 atom stereocenters. The van der Waals surface area contributed by atoms with Gasteiger partial charge in [-0.15, -0.1) is 0 Å². The zero-order valence-corrected chi connectivity index (χ0v) is 16.4. The van der Waals surface area contributed by atoms with Crippen molar-refractivity contribution in [1.82, 2.24) is 14.9 Å². The Morgan fingerprint density at radius 3 is 2.54 bits per heavy atom. The van der Waals surface area contributed by atoms with Crippen LogP contribution < -0.4 is 10.1 Å². The summed E-state index contributed by atoms with van der Waals surface area (Å²) >= 11 is 0. The van der Waals surface area contributed by atoms with Crippen molar-refractivity contribution in [3.8, 4) is 11.6 Å². The normalized spacial score (nSPS) is 14.8. The summed E-state index contributed by atoms with van der Waals surface area (Å²) in [4.78, 5) is 21.5. The minimum Gasteiger partial charge on any atom is -0.434 e. The molecule has 28 heavy (non-hydrogen) atoms. The number of piperidine rings is 1. The molecule has 0 aliphatic carbocycles. The predicted molar refractivity (Wildman–Crippen MR) is 108 cm³/mol. The second kappa shape index (κ2) is 9.45. The van der Waals surface area contributed by atoms with Crippen LogP contribution in [0.4, 0.5) is 11.5 Å². The van der Waals surface area contributed by atoms with Crippen molar-refractivity contribution in [2.75, 3.05) is 31.5 Å². The van der Waals surface area contributed by atoms with E-state index in [1.165, 1.54) is 31.2 Å². The maximum atomic E-state index is 11.6. The van der Waals surface area contributed by atoms with E-state index in [-0.39, 0.29) is 17.4 Å². The Morgan fingerprint density at radius 2 is 1.89 bits per heavy atom. The lowest BCUT2D eigenvalue weighted by Crippen LogP contribution is -2.33. The quantitative estimate of drug-likeness (QED) is 0.537. The lowest BCUT2D eigenvalue weighted by Gasteiger charge is -2.26. The van der Waals surface area contributed by atoms with E-state index in [0.29, 0.717) is 18.2 Å². The van der Waals surface area contributed by atoms with Crippen LogP contribution >= 0.6 is 0 Å². The van der Waals surface area contributed by atoms with Crippen molar-refractivity contribution in [3.05, 3.63) is 46.3 Å². The van der Waals surface area contributed by atoms with Crippen LogP contribution in [0.25, 0.3) is 0 Å². The third kappa shape index (κ3) is 5.16. The van der Waals surface area contributed by atoms with Gasteiger partial charge in [-0.05, 0) is 49.5 Å². The maximum Gasteiger partial charge on any atom is 0.373 e. The molecule has 1 aromatic heterocycles. The average Bonchev–Trinajstić information content (AvgIpc) is 2.69. The van der Waals surface area contributed by atoms with Gasteiger partial charge in [0, 0.05) is 13.1 Å². The average molecular weight is 385 g/mol. The number of benzene rings is 1. The summed E-state index contributed by atoms with van der Waals surface area (Å²) in [6.07, 6.45) is 4.98. The summed E-state index contributed by atoms with van der Waals surface area (Å²) in [6, 6.07) is 7.49. The molecule has 0 radical (unpaired) electrons. The van der Waals surface area contributed by atoms with Gasteiger partial charge in [0.2, 0.25) is 5.82 Å². The van der Waals surface area contributed by atoms with Crippen molar-refractivity contribution in [3.63, 3.8) is 0 Å². The van der Waals surface area contributed by atoms with Crippen LogP contribution in [-0.2, 0) is 0 Å². The Balaban J connectivity index is 1.70. The first-order valence-electron chi connectivity index (χ1n) is 9.78. The molecule has 1 saturated heterocycles. The highest BCUT2D eigenvalue weighted by Crippen LogP contribution is 2.34. The first kappa shape index (κ1) is 20.0. The number of anilines is 1. The van der Waals surface area contributed by atoms with Crippen LogP contribution in [0.1, 0.15) is 44.6 Å². The van der Waals surface area contributed by atoms with E-state index < -0.39 is 4.92 Å². The van der Waals surface area contributed by atoms with E-state index in [1.54, 1.807) is 12.1 Å². The number of hydrogen-bond acceptors (Lipinski definition) is 7. The lowest BCUT2D eigenvalue weighted by molar-refractivity contribution is -0.385. The number of nitrogens with one attached hydrogen (secondary N) is 1. The Bertz CT molecular complexity index is 789. The molecule has 8 nitrogen and oxygen atoms in total. The van der Waals surface area contributed by atoms with Gasteiger partial charge < -0.3 is 15.0 Å². The molecule has 8 heteroatoms. The molecule has 0 spiro atoms. The Kier molecular flexibility index (Phi) is 6.76. The monoisotopic (exact) mass is 385 g/mol. The molecule has 0 amide bonds. The van der Waals surface area contributed by atoms with E-state index in [0.717, 1.165) is 19.6 Å². The topological polar surface area (TPSA) is 93.4 Å². The highest BCUT2D eigenvalue weighted by atomic mass is 16.6.